The van der Waals surface area contributed by atoms with E-state index in [4.69, 9.17) is 29.9 Å². The lowest BCUT2D eigenvalue weighted by molar-refractivity contribution is 1.07. The molecule has 10 heteroatoms. The normalized spacial score (nSPS) is 11.5. The standard InChI is InChI=1S/2C57H37N5/c1-4-15-38(16-5-1)41-19-14-20-44(35-41)57-59-55(39-17-6-2-7-18-39)58-56(60-57)40-27-31-46(32-28-40)62-52-26-13-11-24-48(52)50-37-43(30-34-54(50)62)42-29-33-53-49(36-42)47-23-10-12-25-51(47)61(53)45-21-8-3-9-22-45;1-4-17-38(18-5-1)45-25-10-11-28-48(45)57-59-55(39-19-6-2-7-20-39)58-56(60-57)42-21-16-24-44(35-42)62-52-30-15-13-27-47(52)50-37-41(32-34-54(50)62)40-31-33-53-49(36-40)46-26-12-14-29-51(46)61(53)43-22-8-3-9-23-43/h2*1-37H. The summed E-state index contributed by atoms with van der Waals surface area (Å²) in [5.74, 6) is 3.78. The Morgan fingerprint density at radius 1 is 0.121 bits per heavy atom. The van der Waals surface area contributed by atoms with Crippen molar-refractivity contribution in [1.82, 2.24) is 48.2 Å². The summed E-state index contributed by atoms with van der Waals surface area (Å²) in [6.07, 6.45) is 0. The van der Waals surface area contributed by atoms with Crippen LogP contribution in [0.25, 0.3) is 223 Å². The smallest absolute Gasteiger partial charge is 0.164 e. The predicted octanol–water partition coefficient (Wildman–Crippen LogP) is 28.8. The molecule has 124 heavy (non-hydrogen) atoms. The van der Waals surface area contributed by atoms with E-state index in [1.165, 1.54) is 87.4 Å². The van der Waals surface area contributed by atoms with Crippen LogP contribution in [0.3, 0.4) is 0 Å². The maximum Gasteiger partial charge on any atom is 0.164 e. The van der Waals surface area contributed by atoms with Crippen LogP contribution in [0.5, 0.6) is 0 Å². The van der Waals surface area contributed by atoms with E-state index in [9.17, 15) is 0 Å². The second kappa shape index (κ2) is 30.8. The van der Waals surface area contributed by atoms with E-state index >= 15 is 0 Å². The molecule has 0 saturated carbocycles. The largest absolute Gasteiger partial charge is 0.309 e. The highest BCUT2D eigenvalue weighted by atomic mass is 15.1. The summed E-state index contributed by atoms with van der Waals surface area (Å²) in [6, 6.07) is 159. The number of para-hydroxylation sites is 6. The third-order valence-electron chi connectivity index (χ3n) is 23.9. The Balaban J connectivity index is 0.000000143. The Kier molecular flexibility index (Phi) is 18.0. The zero-order valence-corrected chi connectivity index (χ0v) is 67.2. The first-order valence-corrected chi connectivity index (χ1v) is 41.9. The summed E-state index contributed by atoms with van der Waals surface area (Å²) < 4.78 is 9.45. The molecule has 24 aromatic rings. The third-order valence-corrected chi connectivity index (χ3v) is 23.9. The molecular weight excluding hydrogens is 1510 g/mol. The molecule has 10 nitrogen and oxygen atoms in total. The SMILES string of the molecule is c1ccc(-c2cccc(-c3nc(-c4ccccc4)nc(-c4ccc(-n5c6ccccc6c6cc(-c7ccc8c(c7)c7ccccc7n8-c7ccccc7)ccc65)cc4)n3)c2)cc1.c1ccc(-c2nc(-c3cccc(-n4c5ccccc5c5cc(-c6ccc7c(c6)c6ccccc6n7-c6ccccc6)ccc54)c3)nc(-c3ccccc3-c3ccccc3)n2)cc1. The van der Waals surface area contributed by atoms with E-state index in [2.05, 4.69) is 400 Å². The first-order chi connectivity index (χ1) is 61.5. The number of aromatic nitrogens is 10. The van der Waals surface area contributed by atoms with Crippen LogP contribution >= 0.6 is 0 Å². The van der Waals surface area contributed by atoms with Gasteiger partial charge in [-0.2, -0.15) is 0 Å². The molecule has 0 N–H and O–H groups in total. The number of hydrogen-bond acceptors (Lipinski definition) is 6. The number of benzene rings is 18. The average molecular weight is 1580 g/mol. The van der Waals surface area contributed by atoms with Gasteiger partial charge in [0.25, 0.3) is 0 Å². The molecule has 580 valence electrons. The number of nitrogens with zero attached hydrogens (tertiary/aromatic N) is 10. The molecule has 0 fully saturated rings. The van der Waals surface area contributed by atoms with Crippen molar-refractivity contribution in [1.29, 1.82) is 0 Å². The monoisotopic (exact) mass is 1580 g/mol. The maximum atomic E-state index is 5.20. The van der Waals surface area contributed by atoms with E-state index in [1.807, 2.05) is 66.7 Å². The molecule has 0 aliphatic carbocycles. The third kappa shape index (κ3) is 13.0. The fourth-order valence-corrected chi connectivity index (χ4v) is 18.1. The average Bonchev–Trinajstić information content (AvgIpc) is 1.60. The van der Waals surface area contributed by atoms with Crippen LogP contribution in [0.4, 0.5) is 0 Å². The minimum absolute atomic E-state index is 0.616. The van der Waals surface area contributed by atoms with Crippen LogP contribution in [-0.4, -0.2) is 48.2 Å². The lowest BCUT2D eigenvalue weighted by Crippen LogP contribution is -2.02. The summed E-state index contributed by atoms with van der Waals surface area (Å²) in [5, 5.41) is 9.78. The van der Waals surface area contributed by atoms with E-state index in [0.29, 0.717) is 34.9 Å². The molecule has 0 bridgehead atoms. The van der Waals surface area contributed by atoms with Crippen LogP contribution < -0.4 is 0 Å². The Hall–Kier alpha value is -16.8. The van der Waals surface area contributed by atoms with Crippen LogP contribution in [0, 0.1) is 0 Å². The van der Waals surface area contributed by atoms with Gasteiger partial charge in [-0.05, 0) is 184 Å². The zero-order chi connectivity index (χ0) is 82.0. The Morgan fingerprint density at radius 2 is 0.363 bits per heavy atom. The molecule has 18 aromatic carbocycles. The van der Waals surface area contributed by atoms with Crippen molar-refractivity contribution in [2.45, 2.75) is 0 Å². The van der Waals surface area contributed by atoms with Gasteiger partial charge in [0.05, 0.1) is 44.1 Å². The van der Waals surface area contributed by atoms with E-state index < -0.39 is 0 Å². The summed E-state index contributed by atoms with van der Waals surface area (Å²) >= 11 is 0. The quantitative estimate of drug-likeness (QED) is 0.108. The molecule has 0 radical (unpaired) electrons. The summed E-state index contributed by atoms with van der Waals surface area (Å²) in [7, 11) is 0. The van der Waals surface area contributed by atoms with Crippen molar-refractivity contribution in [3.05, 3.63) is 449 Å². The number of rotatable bonds is 14. The highest BCUT2D eigenvalue weighted by Crippen LogP contribution is 2.44. The van der Waals surface area contributed by atoms with Gasteiger partial charge in [0.15, 0.2) is 34.9 Å². The van der Waals surface area contributed by atoms with Gasteiger partial charge in [-0.15, -0.1) is 0 Å². The zero-order valence-electron chi connectivity index (χ0n) is 67.2. The van der Waals surface area contributed by atoms with Gasteiger partial charge >= 0.3 is 0 Å². The van der Waals surface area contributed by atoms with Gasteiger partial charge in [-0.1, -0.05) is 309 Å². The molecule has 0 saturated heterocycles. The van der Waals surface area contributed by atoms with Gasteiger partial charge in [0.2, 0.25) is 0 Å². The Bertz CT molecular complexity index is 8200. The predicted molar refractivity (Wildman–Crippen MR) is 511 cm³/mol. The van der Waals surface area contributed by atoms with E-state index in [-0.39, 0.29) is 0 Å². The maximum absolute atomic E-state index is 5.20. The molecule has 24 rings (SSSR count). The molecule has 0 unspecified atom stereocenters. The lowest BCUT2D eigenvalue weighted by Gasteiger charge is -2.13. The molecule has 0 spiro atoms. The van der Waals surface area contributed by atoms with E-state index in [0.717, 1.165) is 100 Å². The summed E-state index contributed by atoms with van der Waals surface area (Å²) in [6.45, 7) is 0. The van der Waals surface area contributed by atoms with Crippen molar-refractivity contribution in [2.75, 3.05) is 0 Å². The summed E-state index contributed by atoms with van der Waals surface area (Å²) in [5.41, 5.74) is 28.6. The van der Waals surface area contributed by atoms with Gasteiger partial charge in [-0.25, -0.2) is 29.9 Å². The highest BCUT2D eigenvalue weighted by molar-refractivity contribution is 6.15. The summed E-state index contributed by atoms with van der Waals surface area (Å²) in [4.78, 5) is 30.5. The molecule has 6 aromatic heterocycles. The first-order valence-electron chi connectivity index (χ1n) is 41.9. The highest BCUT2D eigenvalue weighted by Gasteiger charge is 2.23. The number of fused-ring (bicyclic) bond motifs is 12. The van der Waals surface area contributed by atoms with Crippen molar-refractivity contribution in [3.63, 3.8) is 0 Å². The Morgan fingerprint density at radius 3 is 0.766 bits per heavy atom. The number of hydrogen-bond donors (Lipinski definition) is 0. The van der Waals surface area contributed by atoms with Crippen LogP contribution in [0.1, 0.15) is 0 Å². The van der Waals surface area contributed by atoms with Gasteiger partial charge in [0, 0.05) is 99.2 Å². The first kappa shape index (κ1) is 72.4. The fourth-order valence-electron chi connectivity index (χ4n) is 18.1. The van der Waals surface area contributed by atoms with Gasteiger partial charge < -0.3 is 18.3 Å². The molecule has 0 atom stereocenters. The second-order valence-electron chi connectivity index (χ2n) is 31.3. The van der Waals surface area contributed by atoms with Crippen LogP contribution in [0.2, 0.25) is 0 Å². The van der Waals surface area contributed by atoms with Crippen molar-refractivity contribution in [2.24, 2.45) is 0 Å². The van der Waals surface area contributed by atoms with Crippen molar-refractivity contribution < 1.29 is 0 Å². The molecular formula is C114H74N10. The topological polar surface area (TPSA) is 97.1 Å². The van der Waals surface area contributed by atoms with Crippen LogP contribution in [0.15, 0.2) is 449 Å². The second-order valence-corrected chi connectivity index (χ2v) is 31.3. The van der Waals surface area contributed by atoms with Crippen LogP contribution in [-0.2, 0) is 0 Å². The van der Waals surface area contributed by atoms with Crippen molar-refractivity contribution in [3.8, 4) is 136 Å². The molecule has 0 amide bonds. The lowest BCUT2D eigenvalue weighted by atomic mass is 9.99. The fraction of sp³-hybridized carbons (Fsp3) is 0. The van der Waals surface area contributed by atoms with Gasteiger partial charge in [0.1, 0.15) is 0 Å². The van der Waals surface area contributed by atoms with E-state index in [1.54, 1.807) is 0 Å². The molecule has 0 aliphatic heterocycles. The molecule has 6 heterocycles. The molecule has 0 aliphatic rings. The minimum Gasteiger partial charge on any atom is -0.309 e. The Labute approximate surface area is 715 Å². The van der Waals surface area contributed by atoms with Gasteiger partial charge in [-0.3, -0.25) is 0 Å². The van der Waals surface area contributed by atoms with Crippen molar-refractivity contribution >= 4 is 87.2 Å². The minimum atomic E-state index is 0.616.